The summed E-state index contributed by atoms with van der Waals surface area (Å²) in [5.41, 5.74) is 2.23. The minimum Gasteiger partial charge on any atom is -0.487 e. The normalized spacial score (nSPS) is 10.8. The number of ether oxygens (including phenoxy) is 1. The lowest BCUT2D eigenvalue weighted by Gasteiger charge is -2.08. The molecule has 140 valence electrons. The van der Waals surface area contributed by atoms with E-state index in [1.54, 1.807) is 31.3 Å². The maximum absolute atomic E-state index is 12.4. The molecule has 28 heavy (non-hydrogen) atoms. The molecule has 0 unspecified atom stereocenters. The number of carbonyl (C=O) groups excluding carboxylic acids is 1. The van der Waals surface area contributed by atoms with Crippen molar-refractivity contribution >= 4 is 17.5 Å². The number of nitro benzene ring substituents is 1. The zero-order chi connectivity index (χ0) is 19.9. The Morgan fingerprint density at radius 2 is 1.93 bits per heavy atom. The van der Waals surface area contributed by atoms with Crippen LogP contribution in [0.5, 0.6) is 5.75 Å². The monoisotopic (exact) mass is 374 g/mol. The molecule has 0 spiro atoms. The van der Waals surface area contributed by atoms with Gasteiger partial charge in [-0.3, -0.25) is 19.9 Å². The van der Waals surface area contributed by atoms with Gasteiger partial charge in [0, 0.05) is 29.0 Å². The topological polar surface area (TPSA) is 82.3 Å². The minimum atomic E-state index is -0.489. The second-order valence-electron chi connectivity index (χ2n) is 6.10. The van der Waals surface area contributed by atoms with Crippen LogP contribution in [0, 0.1) is 17.0 Å². The van der Waals surface area contributed by atoms with Crippen LogP contribution in [0.3, 0.4) is 0 Å². The molecule has 0 N–H and O–H groups in total. The predicted octanol–water partition coefficient (Wildman–Crippen LogP) is 4.77. The number of pyridine rings is 1. The molecule has 3 aromatic rings. The molecule has 0 amide bonds. The van der Waals surface area contributed by atoms with Gasteiger partial charge in [0.2, 0.25) is 0 Å². The summed E-state index contributed by atoms with van der Waals surface area (Å²) < 4.78 is 5.81. The van der Waals surface area contributed by atoms with Crippen LogP contribution in [0.4, 0.5) is 5.69 Å². The number of para-hydroxylation sites is 1. The minimum absolute atomic E-state index is 0.0710. The highest BCUT2D eigenvalue weighted by molar-refractivity contribution is 6.07. The number of benzene rings is 2. The molecule has 0 saturated heterocycles. The summed E-state index contributed by atoms with van der Waals surface area (Å²) in [6.07, 6.45) is 4.73. The maximum atomic E-state index is 12.4. The second kappa shape index (κ2) is 8.73. The van der Waals surface area contributed by atoms with Crippen molar-refractivity contribution in [3.8, 4) is 5.75 Å². The number of rotatable bonds is 7. The summed E-state index contributed by atoms with van der Waals surface area (Å²) in [5.74, 6) is 0.301. The fourth-order valence-corrected chi connectivity index (χ4v) is 2.61. The molecule has 1 heterocycles. The average molecular weight is 374 g/mol. The van der Waals surface area contributed by atoms with Crippen molar-refractivity contribution in [2.45, 2.75) is 13.5 Å². The van der Waals surface area contributed by atoms with Crippen LogP contribution in [0.25, 0.3) is 6.08 Å². The molecule has 0 saturated carbocycles. The van der Waals surface area contributed by atoms with E-state index in [0.717, 1.165) is 11.3 Å². The first-order chi connectivity index (χ1) is 13.5. The average Bonchev–Trinajstić information content (AvgIpc) is 2.72. The van der Waals surface area contributed by atoms with Crippen molar-refractivity contribution < 1.29 is 14.5 Å². The van der Waals surface area contributed by atoms with Gasteiger partial charge in [0.1, 0.15) is 12.4 Å². The highest BCUT2D eigenvalue weighted by Crippen LogP contribution is 2.22. The van der Waals surface area contributed by atoms with Crippen molar-refractivity contribution in [2.24, 2.45) is 0 Å². The van der Waals surface area contributed by atoms with Gasteiger partial charge in [-0.05, 0) is 37.3 Å². The highest BCUT2D eigenvalue weighted by Gasteiger charge is 2.13. The third kappa shape index (κ3) is 4.67. The van der Waals surface area contributed by atoms with E-state index in [2.05, 4.69) is 4.98 Å². The van der Waals surface area contributed by atoms with E-state index in [-0.39, 0.29) is 17.0 Å². The van der Waals surface area contributed by atoms with E-state index in [1.807, 2.05) is 42.5 Å². The van der Waals surface area contributed by atoms with Crippen molar-refractivity contribution in [1.82, 2.24) is 4.98 Å². The number of carbonyl (C=O) groups is 1. The van der Waals surface area contributed by atoms with Gasteiger partial charge in [-0.2, -0.15) is 0 Å². The number of nitrogens with zero attached hydrogens (tertiary/aromatic N) is 2. The Morgan fingerprint density at radius 3 is 2.68 bits per heavy atom. The van der Waals surface area contributed by atoms with Gasteiger partial charge in [0.15, 0.2) is 5.78 Å². The Balaban J connectivity index is 1.76. The lowest BCUT2D eigenvalue weighted by Crippen LogP contribution is -2.00. The molecule has 0 bridgehead atoms. The molecular weight excluding hydrogens is 356 g/mol. The van der Waals surface area contributed by atoms with Gasteiger partial charge in [-0.1, -0.05) is 36.4 Å². The van der Waals surface area contributed by atoms with Crippen LogP contribution in [0.15, 0.2) is 72.9 Å². The van der Waals surface area contributed by atoms with Gasteiger partial charge in [-0.15, -0.1) is 0 Å². The summed E-state index contributed by atoms with van der Waals surface area (Å²) >= 11 is 0. The van der Waals surface area contributed by atoms with Crippen molar-refractivity contribution in [2.75, 3.05) is 0 Å². The molecule has 0 radical (unpaired) electrons. The first-order valence-electron chi connectivity index (χ1n) is 8.64. The first kappa shape index (κ1) is 19.0. The summed E-state index contributed by atoms with van der Waals surface area (Å²) in [6.45, 7) is 1.95. The van der Waals surface area contributed by atoms with Crippen LogP contribution in [0.1, 0.15) is 27.2 Å². The molecule has 3 rings (SSSR count). The number of nitro groups is 1. The fourth-order valence-electron chi connectivity index (χ4n) is 2.61. The summed E-state index contributed by atoms with van der Waals surface area (Å²) in [5, 5.41) is 11.1. The fraction of sp³-hybridized carbons (Fsp3) is 0.0909. The quantitative estimate of drug-likeness (QED) is 0.257. The molecule has 1 aromatic heterocycles. The molecular formula is C22H18N2O4. The third-order valence-electron chi connectivity index (χ3n) is 4.13. The third-order valence-corrected chi connectivity index (χ3v) is 4.13. The summed E-state index contributed by atoms with van der Waals surface area (Å²) in [4.78, 5) is 27.2. The maximum Gasteiger partial charge on any atom is 0.273 e. The molecule has 6 nitrogen and oxygen atoms in total. The zero-order valence-corrected chi connectivity index (χ0v) is 15.2. The standard InChI is InChI=1S/C22H18N2O4/c1-16-9-10-18(14-20(16)24(26)27)21(25)12-11-17-6-2-3-8-22(17)28-15-19-7-4-5-13-23-19/h2-14H,15H2,1H3/b12-11+. The molecule has 2 aromatic carbocycles. The van der Waals surface area contributed by atoms with E-state index in [9.17, 15) is 14.9 Å². The molecule has 0 aliphatic rings. The van der Waals surface area contributed by atoms with Crippen LogP contribution < -0.4 is 4.74 Å². The van der Waals surface area contributed by atoms with Gasteiger partial charge in [-0.25, -0.2) is 0 Å². The van der Waals surface area contributed by atoms with Crippen LogP contribution >= 0.6 is 0 Å². The molecule has 0 aliphatic heterocycles. The smallest absolute Gasteiger partial charge is 0.273 e. The predicted molar refractivity (Wildman–Crippen MR) is 106 cm³/mol. The van der Waals surface area contributed by atoms with Crippen molar-refractivity contribution in [1.29, 1.82) is 0 Å². The lowest BCUT2D eigenvalue weighted by atomic mass is 10.1. The lowest BCUT2D eigenvalue weighted by molar-refractivity contribution is -0.385. The van der Waals surface area contributed by atoms with Crippen LogP contribution in [-0.2, 0) is 6.61 Å². The number of aromatic nitrogens is 1. The number of hydrogen-bond donors (Lipinski definition) is 0. The molecule has 0 atom stereocenters. The first-order valence-corrected chi connectivity index (χ1v) is 8.64. The van der Waals surface area contributed by atoms with Crippen molar-refractivity contribution in [3.63, 3.8) is 0 Å². The van der Waals surface area contributed by atoms with Crippen LogP contribution in [-0.4, -0.2) is 15.7 Å². The van der Waals surface area contributed by atoms with Gasteiger partial charge < -0.3 is 4.74 Å². The largest absolute Gasteiger partial charge is 0.487 e. The van der Waals surface area contributed by atoms with E-state index >= 15 is 0 Å². The van der Waals surface area contributed by atoms with E-state index in [4.69, 9.17) is 4.74 Å². The summed E-state index contributed by atoms with van der Waals surface area (Å²) in [6, 6.07) is 17.4. The Kier molecular flexibility index (Phi) is 5.91. The molecule has 0 aliphatic carbocycles. The van der Waals surface area contributed by atoms with Crippen molar-refractivity contribution in [3.05, 3.63) is 105 Å². The Hall–Kier alpha value is -3.80. The van der Waals surface area contributed by atoms with Gasteiger partial charge in [0.25, 0.3) is 5.69 Å². The number of hydrogen-bond acceptors (Lipinski definition) is 5. The Labute approximate surface area is 162 Å². The Morgan fingerprint density at radius 1 is 1.14 bits per heavy atom. The number of ketones is 1. The summed E-state index contributed by atoms with van der Waals surface area (Å²) in [7, 11) is 0. The SMILES string of the molecule is Cc1ccc(C(=O)/C=C/c2ccccc2OCc2ccccn2)cc1[N+](=O)[O-]. The zero-order valence-electron chi connectivity index (χ0n) is 15.2. The molecule has 6 heteroatoms. The second-order valence-corrected chi connectivity index (χ2v) is 6.10. The highest BCUT2D eigenvalue weighted by atomic mass is 16.6. The molecule has 0 fully saturated rings. The van der Waals surface area contributed by atoms with E-state index in [1.165, 1.54) is 12.1 Å². The van der Waals surface area contributed by atoms with Gasteiger partial charge >= 0.3 is 0 Å². The van der Waals surface area contributed by atoms with E-state index in [0.29, 0.717) is 17.9 Å². The number of allylic oxidation sites excluding steroid dienone is 1. The van der Waals surface area contributed by atoms with Gasteiger partial charge in [0.05, 0.1) is 10.6 Å². The van der Waals surface area contributed by atoms with E-state index < -0.39 is 4.92 Å². The Bertz CT molecular complexity index is 1030. The number of aryl methyl sites for hydroxylation is 1. The van der Waals surface area contributed by atoms with Crippen LogP contribution in [0.2, 0.25) is 0 Å².